The van der Waals surface area contributed by atoms with E-state index in [-0.39, 0.29) is 8.96 Å². The maximum Gasteiger partial charge on any atom is 0.111 e. The molecular formula is C41H36IN3. The highest BCUT2D eigenvalue weighted by atomic mass is 127. The fourth-order valence-corrected chi connectivity index (χ4v) is 8.33. The van der Waals surface area contributed by atoms with Crippen LogP contribution in [0.25, 0.3) is 49.4 Å². The van der Waals surface area contributed by atoms with Gasteiger partial charge in [0.2, 0.25) is 0 Å². The number of nitrogens with zero attached hydrogens (tertiary/aromatic N) is 2. The van der Waals surface area contributed by atoms with E-state index in [1.807, 2.05) is 11.1 Å². The lowest BCUT2D eigenvalue weighted by Gasteiger charge is -2.36. The third-order valence-corrected chi connectivity index (χ3v) is 12.0. The molecule has 1 heterocycles. The molecule has 45 heavy (non-hydrogen) atoms. The molecule has 2 N–H and O–H groups in total. The van der Waals surface area contributed by atoms with Gasteiger partial charge in [0, 0.05) is 28.4 Å². The lowest BCUT2D eigenvalue weighted by molar-refractivity contribution is 0.171. The molecule has 6 aromatic carbocycles. The Hall–Kier alpha value is -3.97. The second-order valence-electron chi connectivity index (χ2n) is 12.8. The van der Waals surface area contributed by atoms with Gasteiger partial charge in [0.1, 0.15) is 3.55 Å². The quantitative estimate of drug-likeness (QED) is 0.0617. The molecule has 0 spiro atoms. The first-order chi connectivity index (χ1) is 21.8. The van der Waals surface area contributed by atoms with E-state index >= 15 is 0 Å². The minimum Gasteiger partial charge on any atom is -0.309 e. The number of hydrogen-bond acceptors (Lipinski definition) is 2. The van der Waals surface area contributed by atoms with E-state index in [1.165, 1.54) is 66.0 Å². The van der Waals surface area contributed by atoms with E-state index in [4.69, 9.17) is 5.84 Å². The van der Waals surface area contributed by atoms with E-state index in [9.17, 15) is 0 Å². The van der Waals surface area contributed by atoms with Gasteiger partial charge in [0.25, 0.3) is 0 Å². The molecule has 1 aromatic heterocycles. The molecule has 1 aliphatic carbocycles. The van der Waals surface area contributed by atoms with Gasteiger partial charge in [-0.25, -0.2) is 5.01 Å². The highest BCUT2D eigenvalue weighted by Gasteiger charge is 2.40. The molecule has 7 aromatic rings. The number of rotatable bonds is 6. The number of hydrogen-bond donors (Lipinski definition) is 1. The van der Waals surface area contributed by atoms with Gasteiger partial charge in [0.05, 0.1) is 11.0 Å². The van der Waals surface area contributed by atoms with Gasteiger partial charge in [0.15, 0.2) is 0 Å². The molecule has 1 atom stereocenters. The second kappa shape index (κ2) is 10.5. The zero-order chi connectivity index (χ0) is 30.9. The lowest BCUT2D eigenvalue weighted by Crippen LogP contribution is -2.45. The fraction of sp³-hybridized carbons (Fsp3) is 0.171. The lowest BCUT2D eigenvalue weighted by atomic mass is 9.80. The molecular weight excluding hydrogens is 661 g/mol. The van der Waals surface area contributed by atoms with Crippen molar-refractivity contribution in [2.24, 2.45) is 5.84 Å². The van der Waals surface area contributed by atoms with Crippen LogP contribution in [0, 0.1) is 0 Å². The molecule has 4 heteroatoms. The minimum atomic E-state index is -0.339. The number of halogens is 1. The van der Waals surface area contributed by atoms with Crippen LogP contribution in [0.1, 0.15) is 49.4 Å². The summed E-state index contributed by atoms with van der Waals surface area (Å²) in [5.74, 6) is 6.81. The highest BCUT2D eigenvalue weighted by Crippen LogP contribution is 2.56. The van der Waals surface area contributed by atoms with Crippen LogP contribution in [0.15, 0.2) is 127 Å². The molecule has 1 unspecified atom stereocenters. The molecule has 1 aliphatic rings. The van der Waals surface area contributed by atoms with Crippen molar-refractivity contribution in [1.82, 2.24) is 9.58 Å². The van der Waals surface area contributed by atoms with Crippen molar-refractivity contribution in [2.75, 3.05) is 0 Å². The van der Waals surface area contributed by atoms with Gasteiger partial charge < -0.3 is 4.57 Å². The largest absolute Gasteiger partial charge is 0.309 e. The summed E-state index contributed by atoms with van der Waals surface area (Å²) in [5, 5.41) is 7.24. The van der Waals surface area contributed by atoms with Crippen LogP contribution < -0.4 is 5.84 Å². The average molecular weight is 698 g/mol. The summed E-state index contributed by atoms with van der Waals surface area (Å²) < 4.78 is 2.17. The van der Waals surface area contributed by atoms with Crippen LogP contribution >= 0.6 is 22.6 Å². The zero-order valence-electron chi connectivity index (χ0n) is 25.9. The molecule has 0 saturated heterocycles. The number of nitrogens with two attached hydrogens (primary N) is 1. The van der Waals surface area contributed by atoms with Crippen molar-refractivity contribution in [3.8, 4) is 16.8 Å². The Balaban J connectivity index is 1.37. The van der Waals surface area contributed by atoms with E-state index in [1.54, 1.807) is 0 Å². The van der Waals surface area contributed by atoms with Crippen LogP contribution in [-0.2, 0) is 15.5 Å². The SMILES string of the molecule is CCC(I)(c1ccc(-n2c3ccccc3c3c4ccccc4c4c(c32)C(C)(C)c2ccccc2-4)cc1)N(N)Cc1ccccc1. The van der Waals surface area contributed by atoms with Gasteiger partial charge in [-0.3, -0.25) is 5.84 Å². The van der Waals surface area contributed by atoms with Crippen molar-refractivity contribution in [3.63, 3.8) is 0 Å². The molecule has 0 fully saturated rings. The van der Waals surface area contributed by atoms with Crippen LogP contribution in [0.2, 0.25) is 0 Å². The van der Waals surface area contributed by atoms with Crippen molar-refractivity contribution in [3.05, 3.63) is 150 Å². The standard InChI is InChI=1S/C41H36IN3/c1-4-41(42,44(43)26-27-14-6-5-7-15-27)28-22-24-29(25-23-28)45-35-21-13-11-19-33(35)37-31-17-9-8-16-30(31)36-32-18-10-12-20-34(32)40(2,3)38(36)39(37)45/h5-25H,4,26,43H2,1-3H3. The Labute approximate surface area is 278 Å². The summed E-state index contributed by atoms with van der Waals surface area (Å²) in [6, 6.07) is 46.5. The van der Waals surface area contributed by atoms with Crippen LogP contribution in [-0.4, -0.2) is 9.58 Å². The summed E-state index contributed by atoms with van der Waals surface area (Å²) in [6.07, 6.45) is 0.886. The zero-order valence-corrected chi connectivity index (χ0v) is 28.0. The van der Waals surface area contributed by atoms with Gasteiger partial charge in [-0.2, -0.15) is 0 Å². The van der Waals surface area contributed by atoms with Crippen LogP contribution in [0.3, 0.4) is 0 Å². The monoisotopic (exact) mass is 697 g/mol. The third kappa shape index (κ3) is 4.16. The molecule has 0 aliphatic heterocycles. The highest BCUT2D eigenvalue weighted by molar-refractivity contribution is 14.1. The predicted octanol–water partition coefficient (Wildman–Crippen LogP) is 10.6. The van der Waals surface area contributed by atoms with E-state index < -0.39 is 0 Å². The molecule has 0 saturated carbocycles. The Bertz CT molecular complexity index is 2230. The normalized spacial score (nSPS) is 15.1. The number of fused-ring (bicyclic) bond motifs is 10. The van der Waals surface area contributed by atoms with Crippen molar-refractivity contribution in [2.45, 2.75) is 42.7 Å². The molecule has 8 rings (SSSR count). The number of alkyl halides is 1. The maximum absolute atomic E-state index is 6.81. The molecule has 0 amide bonds. The Morgan fingerprint density at radius 1 is 0.733 bits per heavy atom. The maximum atomic E-state index is 6.81. The molecule has 3 nitrogen and oxygen atoms in total. The van der Waals surface area contributed by atoms with Gasteiger partial charge in [-0.15, -0.1) is 0 Å². The van der Waals surface area contributed by atoms with Crippen LogP contribution in [0.5, 0.6) is 0 Å². The third-order valence-electron chi connectivity index (χ3n) is 10.0. The first-order valence-electron chi connectivity index (χ1n) is 15.8. The van der Waals surface area contributed by atoms with E-state index in [2.05, 4.69) is 169 Å². The molecule has 0 radical (unpaired) electrons. The Morgan fingerprint density at radius 2 is 1.36 bits per heavy atom. The molecule has 0 bridgehead atoms. The van der Waals surface area contributed by atoms with E-state index in [0.717, 1.165) is 12.1 Å². The summed E-state index contributed by atoms with van der Waals surface area (Å²) in [6.45, 7) is 7.68. The topological polar surface area (TPSA) is 34.2 Å². The first kappa shape index (κ1) is 28.5. The number of hydrazine groups is 1. The molecule has 222 valence electrons. The average Bonchev–Trinajstić information content (AvgIpc) is 3.54. The van der Waals surface area contributed by atoms with Crippen molar-refractivity contribution < 1.29 is 0 Å². The van der Waals surface area contributed by atoms with Crippen molar-refractivity contribution >= 4 is 55.2 Å². The number of benzene rings is 6. The predicted molar refractivity (Wildman–Crippen MR) is 198 cm³/mol. The van der Waals surface area contributed by atoms with E-state index in [0.29, 0.717) is 6.54 Å². The summed E-state index contributed by atoms with van der Waals surface area (Å²) in [4.78, 5) is 0. The Kier molecular flexibility index (Phi) is 6.68. The number of para-hydroxylation sites is 1. The van der Waals surface area contributed by atoms with Gasteiger partial charge >= 0.3 is 0 Å². The smallest absolute Gasteiger partial charge is 0.111 e. The van der Waals surface area contributed by atoms with Gasteiger partial charge in [-0.05, 0) is 68.8 Å². The summed E-state index contributed by atoms with van der Waals surface area (Å²) in [7, 11) is 0. The van der Waals surface area contributed by atoms with Gasteiger partial charge in [-0.1, -0.05) is 153 Å². The fourth-order valence-electron chi connectivity index (χ4n) is 7.80. The second-order valence-corrected chi connectivity index (χ2v) is 14.6. The minimum absolute atomic E-state index is 0.155. The number of aromatic nitrogens is 1. The van der Waals surface area contributed by atoms with Crippen molar-refractivity contribution in [1.29, 1.82) is 0 Å². The summed E-state index contributed by atoms with van der Waals surface area (Å²) >= 11 is 2.54. The summed E-state index contributed by atoms with van der Waals surface area (Å²) in [5.41, 5.74) is 11.5. The van der Waals surface area contributed by atoms with Crippen LogP contribution in [0.4, 0.5) is 0 Å². The first-order valence-corrected chi connectivity index (χ1v) is 16.9. The Morgan fingerprint density at radius 3 is 2.09 bits per heavy atom.